The second-order valence-corrected chi connectivity index (χ2v) is 5.84. The number of nitrogens with one attached hydrogen (secondary N) is 1. The van der Waals surface area contributed by atoms with Crippen molar-refractivity contribution in [1.82, 2.24) is 5.32 Å². The van der Waals surface area contributed by atoms with Gasteiger partial charge in [-0.15, -0.1) is 0 Å². The Kier molecular flexibility index (Phi) is 5.74. The Morgan fingerprint density at radius 3 is 2.73 bits per heavy atom. The van der Waals surface area contributed by atoms with Gasteiger partial charge < -0.3 is 10.1 Å². The van der Waals surface area contributed by atoms with Crippen LogP contribution in [-0.4, -0.2) is 25.2 Å². The molecule has 4 nitrogen and oxygen atoms in total. The van der Waals surface area contributed by atoms with Crippen molar-refractivity contribution >= 4 is 12.0 Å². The quantitative estimate of drug-likeness (QED) is 0.671. The fourth-order valence-corrected chi connectivity index (χ4v) is 2.40. The van der Waals surface area contributed by atoms with E-state index in [2.05, 4.69) is 19.2 Å². The molecule has 116 valence electrons. The molecular formula is C18H22N2O2. The molecule has 1 aliphatic rings. The van der Waals surface area contributed by atoms with Gasteiger partial charge in [-0.2, -0.15) is 5.26 Å². The molecule has 0 aromatic heterocycles. The van der Waals surface area contributed by atoms with Crippen LogP contribution in [0.3, 0.4) is 0 Å². The van der Waals surface area contributed by atoms with E-state index in [1.165, 1.54) is 5.56 Å². The van der Waals surface area contributed by atoms with Gasteiger partial charge in [0.05, 0.1) is 6.10 Å². The summed E-state index contributed by atoms with van der Waals surface area (Å²) in [4.78, 5) is 12.1. The molecule has 0 radical (unpaired) electrons. The van der Waals surface area contributed by atoms with Gasteiger partial charge in [-0.05, 0) is 36.0 Å². The standard InChI is InChI=1S/C18H22N2O2/c1-13(2)15-7-5-14(6-8-15)10-16(11-19)18(21)20-12-17-4-3-9-22-17/h5-8,10,13,17H,3-4,9,12H2,1-2H3,(H,20,21)/b16-10-/t17-/m0/s1. The summed E-state index contributed by atoms with van der Waals surface area (Å²) in [5.41, 5.74) is 2.21. The summed E-state index contributed by atoms with van der Waals surface area (Å²) >= 11 is 0. The Morgan fingerprint density at radius 2 is 2.18 bits per heavy atom. The summed E-state index contributed by atoms with van der Waals surface area (Å²) in [5, 5.41) is 12.0. The first-order chi connectivity index (χ1) is 10.6. The molecule has 1 fully saturated rings. The Hall–Kier alpha value is -2.12. The summed E-state index contributed by atoms with van der Waals surface area (Å²) in [6, 6.07) is 9.88. The van der Waals surface area contributed by atoms with Gasteiger partial charge in [0.1, 0.15) is 11.6 Å². The number of benzene rings is 1. The van der Waals surface area contributed by atoms with Crippen molar-refractivity contribution in [2.24, 2.45) is 0 Å². The molecule has 1 saturated heterocycles. The maximum absolute atomic E-state index is 12.1. The van der Waals surface area contributed by atoms with Crippen LogP contribution in [0.5, 0.6) is 0 Å². The van der Waals surface area contributed by atoms with Crippen molar-refractivity contribution in [2.75, 3.05) is 13.2 Å². The largest absolute Gasteiger partial charge is 0.376 e. The van der Waals surface area contributed by atoms with E-state index >= 15 is 0 Å². The molecule has 0 unspecified atom stereocenters. The van der Waals surface area contributed by atoms with Crippen LogP contribution in [-0.2, 0) is 9.53 Å². The van der Waals surface area contributed by atoms with E-state index in [0.29, 0.717) is 12.5 Å². The maximum Gasteiger partial charge on any atom is 0.262 e. The fourth-order valence-electron chi connectivity index (χ4n) is 2.40. The van der Waals surface area contributed by atoms with Crippen LogP contribution < -0.4 is 5.32 Å². The first kappa shape index (κ1) is 16.3. The van der Waals surface area contributed by atoms with E-state index < -0.39 is 0 Å². The Bertz CT molecular complexity index is 576. The van der Waals surface area contributed by atoms with E-state index in [-0.39, 0.29) is 17.6 Å². The van der Waals surface area contributed by atoms with Gasteiger partial charge in [-0.1, -0.05) is 38.1 Å². The van der Waals surface area contributed by atoms with Crippen molar-refractivity contribution in [3.05, 3.63) is 41.0 Å². The molecular weight excluding hydrogens is 276 g/mol. The highest BCUT2D eigenvalue weighted by Crippen LogP contribution is 2.16. The molecule has 1 N–H and O–H groups in total. The molecule has 1 aliphatic heterocycles. The Balaban J connectivity index is 1.99. The average molecular weight is 298 g/mol. The number of hydrogen-bond acceptors (Lipinski definition) is 3. The van der Waals surface area contributed by atoms with Gasteiger partial charge in [0.15, 0.2) is 0 Å². The third-order valence-electron chi connectivity index (χ3n) is 3.79. The first-order valence-electron chi connectivity index (χ1n) is 7.71. The number of rotatable bonds is 5. The summed E-state index contributed by atoms with van der Waals surface area (Å²) in [5.74, 6) is 0.120. The third-order valence-corrected chi connectivity index (χ3v) is 3.79. The predicted octanol–water partition coefficient (Wildman–Crippen LogP) is 3.01. The number of amides is 1. The van der Waals surface area contributed by atoms with Crippen molar-refractivity contribution in [3.63, 3.8) is 0 Å². The van der Waals surface area contributed by atoms with Gasteiger partial charge in [0.2, 0.25) is 0 Å². The lowest BCUT2D eigenvalue weighted by Gasteiger charge is -2.10. The second-order valence-electron chi connectivity index (χ2n) is 5.84. The first-order valence-corrected chi connectivity index (χ1v) is 7.71. The molecule has 1 heterocycles. The van der Waals surface area contributed by atoms with Gasteiger partial charge in [-0.25, -0.2) is 0 Å². The van der Waals surface area contributed by atoms with Crippen LogP contribution in [0.25, 0.3) is 6.08 Å². The molecule has 4 heteroatoms. The molecule has 0 spiro atoms. The van der Waals surface area contributed by atoms with Crippen LogP contribution in [0.1, 0.15) is 43.7 Å². The van der Waals surface area contributed by atoms with E-state index in [9.17, 15) is 10.1 Å². The second kappa shape index (κ2) is 7.77. The van der Waals surface area contributed by atoms with E-state index in [1.54, 1.807) is 6.08 Å². The molecule has 0 bridgehead atoms. The minimum absolute atomic E-state index is 0.0780. The van der Waals surface area contributed by atoms with Crippen LogP contribution in [0.15, 0.2) is 29.8 Å². The molecule has 22 heavy (non-hydrogen) atoms. The van der Waals surface area contributed by atoms with E-state index in [1.807, 2.05) is 30.3 Å². The van der Waals surface area contributed by atoms with Crippen molar-refractivity contribution in [3.8, 4) is 6.07 Å². The van der Waals surface area contributed by atoms with Gasteiger partial charge in [0.25, 0.3) is 5.91 Å². The monoisotopic (exact) mass is 298 g/mol. The zero-order valence-corrected chi connectivity index (χ0v) is 13.1. The highest BCUT2D eigenvalue weighted by Gasteiger charge is 2.17. The highest BCUT2D eigenvalue weighted by atomic mass is 16.5. The zero-order valence-electron chi connectivity index (χ0n) is 13.1. The summed E-state index contributed by atoms with van der Waals surface area (Å²) < 4.78 is 5.45. The minimum atomic E-state index is -0.342. The molecule has 1 atom stereocenters. The molecule has 2 rings (SSSR count). The van der Waals surface area contributed by atoms with Crippen molar-refractivity contribution < 1.29 is 9.53 Å². The zero-order chi connectivity index (χ0) is 15.9. The number of carbonyl (C=O) groups is 1. The predicted molar refractivity (Wildman–Crippen MR) is 86.1 cm³/mol. The third kappa shape index (κ3) is 4.44. The number of nitrogens with zero attached hydrogens (tertiary/aromatic N) is 1. The smallest absolute Gasteiger partial charge is 0.262 e. The Morgan fingerprint density at radius 1 is 1.45 bits per heavy atom. The van der Waals surface area contributed by atoms with Crippen LogP contribution >= 0.6 is 0 Å². The highest BCUT2D eigenvalue weighted by molar-refractivity contribution is 6.01. The summed E-state index contributed by atoms with van der Waals surface area (Å²) in [6.45, 7) is 5.47. The molecule has 1 aromatic carbocycles. The molecule has 0 aliphatic carbocycles. The van der Waals surface area contributed by atoms with E-state index in [0.717, 1.165) is 25.0 Å². The van der Waals surface area contributed by atoms with Crippen molar-refractivity contribution in [2.45, 2.75) is 38.7 Å². The lowest BCUT2D eigenvalue weighted by Crippen LogP contribution is -2.32. The molecule has 0 saturated carbocycles. The maximum atomic E-state index is 12.1. The number of ether oxygens (including phenoxy) is 1. The van der Waals surface area contributed by atoms with Gasteiger partial charge in [0, 0.05) is 13.2 Å². The fraction of sp³-hybridized carbons (Fsp3) is 0.444. The number of carbonyl (C=O) groups excluding carboxylic acids is 1. The lowest BCUT2D eigenvalue weighted by atomic mass is 10.0. The molecule has 1 aromatic rings. The van der Waals surface area contributed by atoms with E-state index in [4.69, 9.17) is 4.74 Å². The van der Waals surface area contributed by atoms with Gasteiger partial charge >= 0.3 is 0 Å². The average Bonchev–Trinajstić information content (AvgIpc) is 3.04. The SMILES string of the molecule is CC(C)c1ccc(/C=C(/C#N)C(=O)NC[C@@H]2CCCO2)cc1. The van der Waals surface area contributed by atoms with Crippen LogP contribution in [0.2, 0.25) is 0 Å². The van der Waals surface area contributed by atoms with Crippen LogP contribution in [0.4, 0.5) is 0 Å². The van der Waals surface area contributed by atoms with Crippen LogP contribution in [0, 0.1) is 11.3 Å². The Labute approximate surface area is 131 Å². The number of nitriles is 1. The topological polar surface area (TPSA) is 62.1 Å². The summed E-state index contributed by atoms with van der Waals surface area (Å²) in [7, 11) is 0. The lowest BCUT2D eigenvalue weighted by molar-refractivity contribution is -0.117. The van der Waals surface area contributed by atoms with Gasteiger partial charge in [-0.3, -0.25) is 4.79 Å². The normalized spacial score (nSPS) is 18.3. The number of hydrogen-bond donors (Lipinski definition) is 1. The minimum Gasteiger partial charge on any atom is -0.376 e. The summed E-state index contributed by atoms with van der Waals surface area (Å²) in [6.07, 6.45) is 3.69. The van der Waals surface area contributed by atoms with Crippen molar-refractivity contribution in [1.29, 1.82) is 5.26 Å². The molecule has 1 amide bonds.